The van der Waals surface area contributed by atoms with E-state index in [0.717, 1.165) is 18.4 Å². The lowest BCUT2D eigenvalue weighted by atomic mass is 10.1. The number of benzene rings is 2. The van der Waals surface area contributed by atoms with Gasteiger partial charge in [-0.25, -0.2) is 0 Å². The quantitative estimate of drug-likeness (QED) is 0.836. The van der Waals surface area contributed by atoms with Gasteiger partial charge in [-0.2, -0.15) is 0 Å². The van der Waals surface area contributed by atoms with Crippen molar-refractivity contribution in [3.63, 3.8) is 0 Å². The molecule has 1 aliphatic carbocycles. The Morgan fingerprint density at radius 1 is 1.00 bits per heavy atom. The van der Waals surface area contributed by atoms with Gasteiger partial charge in [0.15, 0.2) is 0 Å². The van der Waals surface area contributed by atoms with Crippen molar-refractivity contribution in [2.75, 3.05) is 11.6 Å². The number of amides is 2. The topological polar surface area (TPSA) is 75.3 Å². The van der Waals surface area contributed by atoms with E-state index in [2.05, 4.69) is 10.6 Å². The van der Waals surface area contributed by atoms with Gasteiger partial charge in [0.25, 0.3) is 0 Å². The zero-order chi connectivity index (χ0) is 17.2. The average Bonchev–Trinajstić information content (AvgIpc) is 3.36. The number of hydrogen-bond donors (Lipinski definition) is 2. The van der Waals surface area contributed by atoms with Crippen LogP contribution in [0.25, 0.3) is 0 Å². The minimum Gasteiger partial charge on any atom is -0.338 e. The molecule has 1 fully saturated rings. The third-order valence-corrected chi connectivity index (χ3v) is 4.98. The van der Waals surface area contributed by atoms with Crippen molar-refractivity contribution in [1.29, 1.82) is 0 Å². The predicted molar refractivity (Wildman–Crippen MR) is 92.9 cm³/mol. The van der Waals surface area contributed by atoms with Crippen LogP contribution >= 0.6 is 0 Å². The van der Waals surface area contributed by atoms with Crippen LogP contribution in [0.2, 0.25) is 0 Å². The monoisotopic (exact) mass is 342 g/mol. The molecule has 2 N–H and O–H groups in total. The standard InChI is InChI=1S/C18H18N2O3S/c1-24(23)15-9-5-8-14(12-15)19-16(21)17(22)20-18(10-11-18)13-6-3-2-4-7-13/h2-9,12H,10-11H2,1H3,(H,19,21)(H,20,22)/t24-/m0/s1. The molecular formula is C18H18N2O3S. The largest absolute Gasteiger partial charge is 0.338 e. The highest BCUT2D eigenvalue weighted by Crippen LogP contribution is 2.45. The van der Waals surface area contributed by atoms with Crippen molar-refractivity contribution in [3.8, 4) is 0 Å². The van der Waals surface area contributed by atoms with Crippen molar-refractivity contribution in [2.45, 2.75) is 23.3 Å². The van der Waals surface area contributed by atoms with Crippen LogP contribution in [-0.2, 0) is 25.9 Å². The summed E-state index contributed by atoms with van der Waals surface area (Å²) in [6.45, 7) is 0. The number of rotatable bonds is 4. The normalized spacial score (nSPS) is 16.0. The summed E-state index contributed by atoms with van der Waals surface area (Å²) in [5.41, 5.74) is 1.03. The summed E-state index contributed by atoms with van der Waals surface area (Å²) in [4.78, 5) is 24.9. The van der Waals surface area contributed by atoms with Crippen LogP contribution in [0.3, 0.4) is 0 Å². The Morgan fingerprint density at radius 2 is 1.71 bits per heavy atom. The molecule has 1 saturated carbocycles. The van der Waals surface area contributed by atoms with Gasteiger partial charge in [-0.05, 0) is 36.6 Å². The first-order valence-electron chi connectivity index (χ1n) is 7.63. The first-order chi connectivity index (χ1) is 11.5. The molecule has 0 saturated heterocycles. The number of carbonyl (C=O) groups excluding carboxylic acids is 2. The van der Waals surface area contributed by atoms with Gasteiger partial charge in [-0.3, -0.25) is 13.8 Å². The fraction of sp³-hybridized carbons (Fsp3) is 0.222. The van der Waals surface area contributed by atoms with E-state index in [1.54, 1.807) is 30.5 Å². The third kappa shape index (κ3) is 3.54. The highest BCUT2D eigenvalue weighted by atomic mass is 32.2. The van der Waals surface area contributed by atoms with Crippen molar-refractivity contribution >= 4 is 28.3 Å². The van der Waals surface area contributed by atoms with E-state index >= 15 is 0 Å². The summed E-state index contributed by atoms with van der Waals surface area (Å²) in [6.07, 6.45) is 3.20. The van der Waals surface area contributed by atoms with E-state index < -0.39 is 28.2 Å². The van der Waals surface area contributed by atoms with Gasteiger partial charge in [0.1, 0.15) is 0 Å². The number of hydrogen-bond acceptors (Lipinski definition) is 3. The van der Waals surface area contributed by atoms with Crippen LogP contribution in [-0.4, -0.2) is 22.3 Å². The van der Waals surface area contributed by atoms with E-state index in [4.69, 9.17) is 0 Å². The molecular weight excluding hydrogens is 324 g/mol. The maximum Gasteiger partial charge on any atom is 0.313 e. The summed E-state index contributed by atoms with van der Waals surface area (Å²) >= 11 is 0. The second-order valence-electron chi connectivity index (χ2n) is 5.84. The Bertz CT molecular complexity index is 801. The van der Waals surface area contributed by atoms with Crippen molar-refractivity contribution < 1.29 is 13.8 Å². The fourth-order valence-corrected chi connectivity index (χ4v) is 3.15. The zero-order valence-corrected chi connectivity index (χ0v) is 14.1. The Labute approximate surface area is 142 Å². The molecule has 3 rings (SSSR count). The Hall–Kier alpha value is -2.47. The molecule has 5 nitrogen and oxygen atoms in total. The molecule has 124 valence electrons. The third-order valence-electron chi connectivity index (χ3n) is 4.06. The Morgan fingerprint density at radius 3 is 2.33 bits per heavy atom. The smallest absolute Gasteiger partial charge is 0.313 e. The van der Waals surface area contributed by atoms with Crippen molar-refractivity contribution in [2.24, 2.45) is 0 Å². The molecule has 0 radical (unpaired) electrons. The van der Waals surface area contributed by atoms with Gasteiger partial charge >= 0.3 is 11.8 Å². The van der Waals surface area contributed by atoms with Gasteiger partial charge in [-0.1, -0.05) is 36.4 Å². The molecule has 1 aliphatic rings. The molecule has 0 unspecified atom stereocenters. The molecule has 0 aromatic heterocycles. The van der Waals surface area contributed by atoms with Gasteiger partial charge in [0.05, 0.1) is 5.54 Å². The summed E-state index contributed by atoms with van der Waals surface area (Å²) in [7, 11) is -1.15. The van der Waals surface area contributed by atoms with Crippen molar-refractivity contribution in [3.05, 3.63) is 60.2 Å². The lowest BCUT2D eigenvalue weighted by Crippen LogP contribution is -2.42. The van der Waals surface area contributed by atoms with Crippen LogP contribution in [0.1, 0.15) is 18.4 Å². The lowest BCUT2D eigenvalue weighted by Gasteiger charge is -2.17. The van der Waals surface area contributed by atoms with E-state index in [1.165, 1.54) is 0 Å². The number of carbonyl (C=O) groups is 2. The van der Waals surface area contributed by atoms with Gasteiger partial charge in [-0.15, -0.1) is 0 Å². The van der Waals surface area contributed by atoms with E-state index in [-0.39, 0.29) is 0 Å². The van der Waals surface area contributed by atoms with Crippen LogP contribution in [0.5, 0.6) is 0 Å². The second kappa shape index (κ2) is 6.57. The van der Waals surface area contributed by atoms with E-state index in [9.17, 15) is 13.8 Å². The van der Waals surface area contributed by atoms with E-state index in [1.807, 2.05) is 30.3 Å². The maximum atomic E-state index is 12.2. The molecule has 2 aromatic rings. The molecule has 2 amide bonds. The summed E-state index contributed by atoms with van der Waals surface area (Å²) in [6, 6.07) is 16.3. The summed E-state index contributed by atoms with van der Waals surface area (Å²) in [5, 5.41) is 5.38. The zero-order valence-electron chi connectivity index (χ0n) is 13.2. The highest BCUT2D eigenvalue weighted by molar-refractivity contribution is 7.84. The lowest BCUT2D eigenvalue weighted by molar-refractivity contribution is -0.136. The van der Waals surface area contributed by atoms with Crippen LogP contribution in [0.4, 0.5) is 5.69 Å². The molecule has 0 spiro atoms. The average molecular weight is 342 g/mol. The predicted octanol–water partition coefficient (Wildman–Crippen LogP) is 2.17. The van der Waals surface area contributed by atoms with Crippen LogP contribution in [0, 0.1) is 0 Å². The Balaban J connectivity index is 1.67. The minimum absolute atomic E-state index is 0.428. The molecule has 6 heteroatoms. The molecule has 24 heavy (non-hydrogen) atoms. The fourth-order valence-electron chi connectivity index (χ4n) is 2.58. The SMILES string of the molecule is C[S@](=O)c1cccc(NC(=O)C(=O)NC2(c3ccccc3)CC2)c1. The highest BCUT2D eigenvalue weighted by Gasteiger charge is 2.46. The first-order valence-corrected chi connectivity index (χ1v) is 9.18. The van der Waals surface area contributed by atoms with E-state index in [0.29, 0.717) is 10.6 Å². The molecule has 2 aromatic carbocycles. The Kier molecular flexibility index (Phi) is 4.49. The van der Waals surface area contributed by atoms with Gasteiger partial charge in [0.2, 0.25) is 0 Å². The molecule has 0 heterocycles. The first kappa shape index (κ1) is 16.4. The second-order valence-corrected chi connectivity index (χ2v) is 7.22. The molecule has 1 atom stereocenters. The van der Waals surface area contributed by atoms with Crippen LogP contribution in [0.15, 0.2) is 59.5 Å². The summed E-state index contributed by atoms with van der Waals surface area (Å²) < 4.78 is 11.5. The summed E-state index contributed by atoms with van der Waals surface area (Å²) in [5.74, 6) is -1.39. The molecule has 0 aliphatic heterocycles. The van der Waals surface area contributed by atoms with Crippen molar-refractivity contribution in [1.82, 2.24) is 5.32 Å². The van der Waals surface area contributed by atoms with Gasteiger partial charge in [0, 0.05) is 27.6 Å². The van der Waals surface area contributed by atoms with Gasteiger partial charge < -0.3 is 10.6 Å². The van der Waals surface area contributed by atoms with Crippen LogP contribution < -0.4 is 10.6 Å². The molecule has 0 bridgehead atoms. The number of nitrogens with one attached hydrogen (secondary N) is 2. The maximum absolute atomic E-state index is 12.2. The number of anilines is 1. The minimum atomic E-state index is -1.15.